The number of nitrogens with zero attached hydrogens (tertiary/aromatic N) is 2. The van der Waals surface area contributed by atoms with Crippen LogP contribution in [0.25, 0.3) is 0 Å². The summed E-state index contributed by atoms with van der Waals surface area (Å²) in [7, 11) is 0. The van der Waals surface area contributed by atoms with Crippen LogP contribution in [0.1, 0.15) is 82.7 Å². The van der Waals surface area contributed by atoms with Crippen LogP contribution in [-0.2, 0) is 0 Å². The van der Waals surface area contributed by atoms with Crippen molar-refractivity contribution in [1.29, 1.82) is 0 Å². The molecule has 0 aromatic carbocycles. The van der Waals surface area contributed by atoms with Crippen molar-refractivity contribution in [1.82, 2.24) is 9.97 Å². The average molecular weight is 399 g/mol. The first-order chi connectivity index (χ1) is 9.86. The molecule has 21 heavy (non-hydrogen) atoms. The van der Waals surface area contributed by atoms with Crippen LogP contribution in [0.2, 0.25) is 0 Å². The van der Waals surface area contributed by atoms with Gasteiger partial charge in [-0.1, -0.05) is 20.8 Å². The van der Waals surface area contributed by atoms with E-state index in [-0.39, 0.29) is 0 Å². The predicted molar refractivity (Wildman–Crippen MR) is 95.3 cm³/mol. The molecule has 116 valence electrons. The quantitative estimate of drug-likeness (QED) is 0.723. The highest BCUT2D eigenvalue weighted by Gasteiger charge is 2.33. The van der Waals surface area contributed by atoms with Crippen LogP contribution in [0.15, 0.2) is 0 Å². The standard InChI is InChI=1S/C17H26IN3/c1-17(2,3)12-8-6-11(7-9-12)16-20-14(10-4-5-10)13(18)15(19)21-16/h10-12H,4-9H2,1-3H3,(H2,19,20,21). The molecule has 2 saturated carbocycles. The highest BCUT2D eigenvalue weighted by molar-refractivity contribution is 14.1. The molecule has 0 aliphatic heterocycles. The van der Waals surface area contributed by atoms with Gasteiger partial charge in [0.2, 0.25) is 0 Å². The largest absolute Gasteiger partial charge is 0.383 e. The van der Waals surface area contributed by atoms with E-state index in [0.717, 1.165) is 15.3 Å². The maximum Gasteiger partial charge on any atom is 0.140 e. The molecule has 0 amide bonds. The van der Waals surface area contributed by atoms with Gasteiger partial charge >= 0.3 is 0 Å². The van der Waals surface area contributed by atoms with Crippen molar-refractivity contribution < 1.29 is 0 Å². The van der Waals surface area contributed by atoms with E-state index in [4.69, 9.17) is 10.7 Å². The van der Waals surface area contributed by atoms with Crippen LogP contribution >= 0.6 is 22.6 Å². The molecule has 3 rings (SSSR count). The zero-order chi connectivity index (χ0) is 15.2. The number of hydrogen-bond donors (Lipinski definition) is 1. The van der Waals surface area contributed by atoms with E-state index in [1.807, 2.05) is 0 Å². The molecule has 0 radical (unpaired) electrons. The minimum Gasteiger partial charge on any atom is -0.383 e. The van der Waals surface area contributed by atoms with Gasteiger partial charge in [-0.3, -0.25) is 0 Å². The summed E-state index contributed by atoms with van der Waals surface area (Å²) in [6.07, 6.45) is 7.55. The Kier molecular flexibility index (Phi) is 4.19. The second-order valence-corrected chi connectivity index (χ2v) is 8.93. The third-order valence-corrected chi connectivity index (χ3v) is 6.31. The van der Waals surface area contributed by atoms with Crippen molar-refractivity contribution >= 4 is 28.4 Å². The summed E-state index contributed by atoms with van der Waals surface area (Å²) in [5, 5.41) is 0. The molecular formula is C17H26IN3. The molecule has 1 aromatic heterocycles. The van der Waals surface area contributed by atoms with Crippen LogP contribution in [0.3, 0.4) is 0 Å². The minimum atomic E-state index is 0.427. The second-order valence-electron chi connectivity index (χ2n) is 7.86. The maximum absolute atomic E-state index is 6.13. The molecule has 1 heterocycles. The van der Waals surface area contributed by atoms with Crippen LogP contribution in [0.4, 0.5) is 5.82 Å². The molecule has 0 unspecified atom stereocenters. The molecule has 2 aliphatic carbocycles. The summed E-state index contributed by atoms with van der Waals surface area (Å²) in [6.45, 7) is 7.09. The van der Waals surface area contributed by atoms with E-state index >= 15 is 0 Å². The Bertz CT molecular complexity index is 524. The van der Waals surface area contributed by atoms with Gasteiger partial charge in [0.25, 0.3) is 0 Å². The van der Waals surface area contributed by atoms with Gasteiger partial charge in [-0.2, -0.15) is 0 Å². The fourth-order valence-electron chi connectivity index (χ4n) is 3.53. The average Bonchev–Trinajstić information content (AvgIpc) is 3.25. The summed E-state index contributed by atoms with van der Waals surface area (Å²) in [6, 6.07) is 0. The molecule has 1 aromatic rings. The highest BCUT2D eigenvalue weighted by Crippen LogP contribution is 2.45. The molecule has 2 N–H and O–H groups in total. The first-order valence-corrected chi connectivity index (χ1v) is 9.27. The van der Waals surface area contributed by atoms with Gasteiger partial charge in [0, 0.05) is 11.8 Å². The zero-order valence-corrected chi connectivity index (χ0v) is 15.5. The first-order valence-electron chi connectivity index (χ1n) is 8.19. The number of halogens is 1. The van der Waals surface area contributed by atoms with Gasteiger partial charge in [-0.05, 0) is 72.4 Å². The van der Waals surface area contributed by atoms with Gasteiger partial charge < -0.3 is 5.73 Å². The number of rotatable bonds is 2. The minimum absolute atomic E-state index is 0.427. The third kappa shape index (κ3) is 3.35. The van der Waals surface area contributed by atoms with Crippen LogP contribution in [0, 0.1) is 14.9 Å². The number of nitrogens with two attached hydrogens (primary N) is 1. The Morgan fingerprint density at radius 3 is 2.05 bits per heavy atom. The van der Waals surface area contributed by atoms with Gasteiger partial charge in [0.05, 0.1) is 9.26 Å². The smallest absolute Gasteiger partial charge is 0.140 e. The molecule has 2 fully saturated rings. The van der Waals surface area contributed by atoms with E-state index in [1.165, 1.54) is 44.2 Å². The Hall–Kier alpha value is -0.390. The van der Waals surface area contributed by atoms with Crippen molar-refractivity contribution in [2.24, 2.45) is 11.3 Å². The van der Waals surface area contributed by atoms with Gasteiger partial charge in [-0.15, -0.1) is 0 Å². The molecule has 4 heteroatoms. The Labute approximate surface area is 141 Å². The molecule has 0 saturated heterocycles. The third-order valence-electron chi connectivity index (χ3n) is 5.20. The summed E-state index contributed by atoms with van der Waals surface area (Å²) < 4.78 is 1.09. The Morgan fingerprint density at radius 2 is 1.52 bits per heavy atom. The summed E-state index contributed by atoms with van der Waals surface area (Å²) in [5.41, 5.74) is 7.78. The van der Waals surface area contributed by atoms with E-state index in [2.05, 4.69) is 48.3 Å². The van der Waals surface area contributed by atoms with Crippen molar-refractivity contribution in [3.63, 3.8) is 0 Å². The molecule has 3 nitrogen and oxygen atoms in total. The van der Waals surface area contributed by atoms with Crippen molar-refractivity contribution in [3.8, 4) is 0 Å². The number of anilines is 1. The van der Waals surface area contributed by atoms with Crippen LogP contribution in [-0.4, -0.2) is 9.97 Å². The normalized spacial score (nSPS) is 26.9. The van der Waals surface area contributed by atoms with Crippen LogP contribution in [0.5, 0.6) is 0 Å². The topological polar surface area (TPSA) is 51.8 Å². The van der Waals surface area contributed by atoms with E-state index in [9.17, 15) is 0 Å². The number of hydrogen-bond acceptors (Lipinski definition) is 3. The van der Waals surface area contributed by atoms with Crippen molar-refractivity contribution in [2.45, 2.75) is 71.1 Å². The van der Waals surface area contributed by atoms with Crippen LogP contribution < -0.4 is 5.73 Å². The number of nitrogen functional groups attached to an aromatic ring is 1. The lowest BCUT2D eigenvalue weighted by Crippen LogP contribution is -2.26. The lowest BCUT2D eigenvalue weighted by atomic mass is 9.69. The molecular weight excluding hydrogens is 373 g/mol. The van der Waals surface area contributed by atoms with E-state index < -0.39 is 0 Å². The number of aromatic nitrogens is 2. The Balaban J connectivity index is 1.76. The lowest BCUT2D eigenvalue weighted by Gasteiger charge is -2.36. The first kappa shape index (κ1) is 15.5. The molecule has 2 aliphatic rings. The fourth-order valence-corrected chi connectivity index (χ4v) is 4.21. The van der Waals surface area contributed by atoms with Crippen molar-refractivity contribution in [2.75, 3.05) is 5.73 Å². The van der Waals surface area contributed by atoms with Crippen molar-refractivity contribution in [3.05, 3.63) is 15.1 Å². The van der Waals surface area contributed by atoms with E-state index in [0.29, 0.717) is 23.1 Å². The monoisotopic (exact) mass is 399 g/mol. The molecule has 0 spiro atoms. The zero-order valence-electron chi connectivity index (χ0n) is 13.3. The fraction of sp³-hybridized carbons (Fsp3) is 0.765. The van der Waals surface area contributed by atoms with Gasteiger partial charge in [0.15, 0.2) is 0 Å². The lowest BCUT2D eigenvalue weighted by molar-refractivity contribution is 0.167. The SMILES string of the molecule is CC(C)(C)C1CCC(c2nc(N)c(I)c(C3CC3)n2)CC1. The second kappa shape index (κ2) is 5.67. The van der Waals surface area contributed by atoms with E-state index in [1.54, 1.807) is 0 Å². The molecule has 0 bridgehead atoms. The molecule has 0 atom stereocenters. The maximum atomic E-state index is 6.13. The van der Waals surface area contributed by atoms with Gasteiger partial charge in [0.1, 0.15) is 11.6 Å². The summed E-state index contributed by atoms with van der Waals surface area (Å²) >= 11 is 2.31. The highest BCUT2D eigenvalue weighted by atomic mass is 127. The predicted octanol–water partition coefficient (Wildman–Crippen LogP) is 4.86. The summed E-state index contributed by atoms with van der Waals surface area (Å²) in [5.74, 6) is 3.70. The summed E-state index contributed by atoms with van der Waals surface area (Å²) in [4.78, 5) is 9.52. The Morgan fingerprint density at radius 1 is 0.952 bits per heavy atom. The van der Waals surface area contributed by atoms with Gasteiger partial charge in [-0.25, -0.2) is 9.97 Å².